The Morgan fingerprint density at radius 2 is 1.87 bits per heavy atom. The minimum atomic E-state index is -1.39. The molecule has 0 spiro atoms. The van der Waals surface area contributed by atoms with Gasteiger partial charge in [-0.25, -0.2) is 0 Å². The van der Waals surface area contributed by atoms with Crippen LogP contribution in [0.3, 0.4) is 0 Å². The molecule has 6 N–H and O–H groups in total. The number of allylic oxidation sites excluding steroid dienone is 1. The minimum Gasteiger partial charge on any atom is -0.394 e. The molecule has 0 radical (unpaired) electrons. The third-order valence-electron chi connectivity index (χ3n) is 4.38. The molecule has 0 aliphatic carbocycles. The maximum absolute atomic E-state index is 10.2. The zero-order valence-electron chi connectivity index (χ0n) is 14.1. The Morgan fingerprint density at radius 3 is 2.43 bits per heavy atom. The van der Waals surface area contributed by atoms with Crippen LogP contribution in [0.5, 0.6) is 0 Å². The summed E-state index contributed by atoms with van der Waals surface area (Å²) in [7, 11) is 0. The van der Waals surface area contributed by atoms with Gasteiger partial charge in [-0.05, 0) is 12.3 Å². The molecule has 0 bridgehead atoms. The van der Waals surface area contributed by atoms with Crippen molar-refractivity contribution < 1.29 is 25.2 Å². The largest absolute Gasteiger partial charge is 0.394 e. The Bertz CT molecular complexity index is 441. The Kier molecular flexibility index (Phi) is 5.55. The molecule has 134 valence electrons. The zero-order valence-corrected chi connectivity index (χ0v) is 14.1. The van der Waals surface area contributed by atoms with Crippen molar-refractivity contribution >= 4 is 0 Å². The first-order chi connectivity index (χ1) is 10.7. The molecule has 5 atom stereocenters. The molecular weight excluding hydrogens is 302 g/mol. The Hall–Kier alpha value is -0.900. The van der Waals surface area contributed by atoms with Crippen LogP contribution in [0.1, 0.15) is 34.1 Å². The highest BCUT2D eigenvalue weighted by molar-refractivity contribution is 5.13. The number of hydrogen-bond donors (Lipinski definition) is 6. The normalized spacial score (nSPS) is 35.4. The molecule has 2 heterocycles. The maximum atomic E-state index is 10.2. The topological polar surface area (TPSA) is 117 Å². The lowest BCUT2D eigenvalue weighted by molar-refractivity contribution is -0.264. The summed E-state index contributed by atoms with van der Waals surface area (Å²) in [5.74, 6) is 0.522. The van der Waals surface area contributed by atoms with Gasteiger partial charge in [-0.3, -0.25) is 5.01 Å². The van der Waals surface area contributed by atoms with Gasteiger partial charge < -0.3 is 30.6 Å². The summed E-state index contributed by atoms with van der Waals surface area (Å²) in [4.78, 5) is 0. The minimum absolute atomic E-state index is 0.107. The van der Waals surface area contributed by atoms with Crippen molar-refractivity contribution in [1.29, 1.82) is 0 Å². The maximum Gasteiger partial charge on any atom is 0.174 e. The molecule has 8 nitrogen and oxygen atoms in total. The molecule has 0 aromatic carbocycles. The van der Waals surface area contributed by atoms with Gasteiger partial charge in [0, 0.05) is 11.6 Å². The second-order valence-corrected chi connectivity index (χ2v) is 7.39. The molecule has 5 unspecified atom stereocenters. The van der Waals surface area contributed by atoms with Gasteiger partial charge in [-0.2, -0.15) is 0 Å². The summed E-state index contributed by atoms with van der Waals surface area (Å²) >= 11 is 0. The van der Waals surface area contributed by atoms with E-state index in [1.165, 1.54) is 5.01 Å². The van der Waals surface area contributed by atoms with Crippen LogP contribution in [0, 0.1) is 11.3 Å². The predicted octanol–water partition coefficient (Wildman–Crippen LogP) is -0.975. The van der Waals surface area contributed by atoms with E-state index in [1.54, 1.807) is 6.20 Å². The fourth-order valence-corrected chi connectivity index (χ4v) is 3.25. The number of hydrogen-bond acceptors (Lipinski definition) is 8. The second-order valence-electron chi connectivity index (χ2n) is 7.39. The highest BCUT2D eigenvalue weighted by Crippen LogP contribution is 2.34. The van der Waals surface area contributed by atoms with Crippen molar-refractivity contribution in [2.75, 3.05) is 6.61 Å². The van der Waals surface area contributed by atoms with Crippen molar-refractivity contribution in [3.8, 4) is 0 Å². The summed E-state index contributed by atoms with van der Waals surface area (Å²) in [6, 6.07) is 0. The lowest BCUT2D eigenvalue weighted by atomic mass is 9.81. The molecule has 1 fully saturated rings. The number of aliphatic hydroxyl groups is 4. The van der Waals surface area contributed by atoms with E-state index in [9.17, 15) is 20.4 Å². The van der Waals surface area contributed by atoms with Crippen LogP contribution in [-0.4, -0.2) is 62.7 Å². The fraction of sp³-hybridized carbons (Fsp3) is 0.867. The first kappa shape index (κ1) is 18.4. The second kappa shape index (κ2) is 6.92. The zero-order chi connectivity index (χ0) is 17.4. The fourth-order valence-electron chi connectivity index (χ4n) is 3.25. The number of aliphatic hydroxyl groups excluding tert-OH is 4. The molecule has 0 aromatic heterocycles. The van der Waals surface area contributed by atoms with Crippen molar-refractivity contribution in [2.45, 2.75) is 64.8 Å². The van der Waals surface area contributed by atoms with Gasteiger partial charge in [0.05, 0.1) is 12.3 Å². The average molecular weight is 331 g/mol. The third-order valence-corrected chi connectivity index (χ3v) is 4.38. The van der Waals surface area contributed by atoms with Crippen molar-refractivity contribution in [3.63, 3.8) is 0 Å². The lowest BCUT2D eigenvalue weighted by Gasteiger charge is -2.42. The standard InChI is InChI=1S/C15H29N3O5/c1-8(2)5-15(3,4)10-6-18(17-16-10)14-13(22)12(21)11(20)9(7-19)23-14/h6,8-9,11-14,16-17,19-22H,5,7H2,1-4H3. The van der Waals surface area contributed by atoms with Crippen LogP contribution < -0.4 is 11.0 Å². The first-order valence-electron chi connectivity index (χ1n) is 8.00. The average Bonchev–Trinajstić information content (AvgIpc) is 2.94. The number of rotatable bonds is 5. The molecule has 2 rings (SSSR count). The molecule has 23 heavy (non-hydrogen) atoms. The highest BCUT2D eigenvalue weighted by atomic mass is 16.6. The smallest absolute Gasteiger partial charge is 0.174 e. The summed E-state index contributed by atoms with van der Waals surface area (Å²) in [5, 5.41) is 40.7. The third kappa shape index (κ3) is 3.78. The van der Waals surface area contributed by atoms with Gasteiger partial charge in [-0.15, -0.1) is 5.53 Å². The van der Waals surface area contributed by atoms with Gasteiger partial charge in [0.2, 0.25) is 0 Å². The van der Waals surface area contributed by atoms with Crippen LogP contribution in [0.2, 0.25) is 0 Å². The van der Waals surface area contributed by atoms with Crippen LogP contribution >= 0.6 is 0 Å². The number of nitrogens with zero attached hydrogens (tertiary/aromatic N) is 1. The van der Waals surface area contributed by atoms with E-state index in [0.29, 0.717) is 5.92 Å². The van der Waals surface area contributed by atoms with Crippen molar-refractivity contribution in [3.05, 3.63) is 11.9 Å². The first-order valence-corrected chi connectivity index (χ1v) is 8.00. The van der Waals surface area contributed by atoms with Crippen LogP contribution in [0.15, 0.2) is 11.9 Å². The predicted molar refractivity (Wildman–Crippen MR) is 83.2 cm³/mol. The summed E-state index contributed by atoms with van der Waals surface area (Å²) < 4.78 is 5.53. The van der Waals surface area contributed by atoms with Crippen molar-refractivity contribution in [2.24, 2.45) is 11.3 Å². The molecular formula is C15H29N3O5. The molecule has 8 heteroatoms. The Labute approximate surface area is 136 Å². The molecule has 0 aromatic rings. The number of nitrogens with one attached hydrogen (secondary N) is 2. The molecule has 1 saturated heterocycles. The summed E-state index contributed by atoms with van der Waals surface area (Å²) in [6.07, 6.45) is -3.17. The summed E-state index contributed by atoms with van der Waals surface area (Å²) in [5.41, 5.74) is 6.79. The van der Waals surface area contributed by atoms with E-state index in [0.717, 1.165) is 12.1 Å². The van der Waals surface area contributed by atoms with Gasteiger partial charge in [-0.1, -0.05) is 27.7 Å². The molecule has 0 saturated carbocycles. The van der Waals surface area contributed by atoms with E-state index in [2.05, 4.69) is 38.7 Å². The van der Waals surface area contributed by atoms with Crippen LogP contribution in [0.4, 0.5) is 0 Å². The Morgan fingerprint density at radius 1 is 1.22 bits per heavy atom. The highest BCUT2D eigenvalue weighted by Gasteiger charge is 2.46. The van der Waals surface area contributed by atoms with Gasteiger partial charge in [0.15, 0.2) is 6.23 Å². The monoisotopic (exact) mass is 331 g/mol. The molecule has 2 aliphatic rings. The van der Waals surface area contributed by atoms with Gasteiger partial charge in [0.25, 0.3) is 0 Å². The molecule has 2 aliphatic heterocycles. The quantitative estimate of drug-likeness (QED) is 0.381. The lowest BCUT2D eigenvalue weighted by Crippen LogP contribution is -2.64. The van der Waals surface area contributed by atoms with E-state index >= 15 is 0 Å². The van der Waals surface area contributed by atoms with Crippen molar-refractivity contribution in [1.82, 2.24) is 16.0 Å². The van der Waals surface area contributed by atoms with E-state index in [-0.39, 0.29) is 5.41 Å². The van der Waals surface area contributed by atoms with Crippen LogP contribution in [0.25, 0.3) is 0 Å². The Balaban J connectivity index is 2.13. The van der Waals surface area contributed by atoms with Gasteiger partial charge in [0.1, 0.15) is 24.4 Å². The summed E-state index contributed by atoms with van der Waals surface area (Å²) in [6.45, 7) is 8.09. The SMILES string of the molecule is CC(C)CC(C)(C)C1=CN(C2OC(CO)C(O)C(O)C2O)NN1. The molecule has 0 amide bonds. The van der Waals surface area contributed by atoms with Crippen LogP contribution in [-0.2, 0) is 4.74 Å². The van der Waals surface area contributed by atoms with E-state index in [4.69, 9.17) is 4.74 Å². The van der Waals surface area contributed by atoms with E-state index in [1.807, 2.05) is 0 Å². The van der Waals surface area contributed by atoms with E-state index < -0.39 is 37.3 Å². The number of ether oxygens (including phenoxy) is 1. The number of hydrazine groups is 2. The van der Waals surface area contributed by atoms with Gasteiger partial charge >= 0.3 is 0 Å².